The molecular formula is C15H13IN2O7S. The zero-order chi connectivity index (χ0) is 19.7. The number of carbonyl (C=O) groups is 1. The highest BCUT2D eigenvalue weighted by Gasteiger charge is 2.41. The maximum Gasteiger partial charge on any atom is 0.332 e. The van der Waals surface area contributed by atoms with Crippen LogP contribution in [-0.2, 0) is 25.2 Å². The van der Waals surface area contributed by atoms with E-state index in [9.17, 15) is 33.7 Å². The van der Waals surface area contributed by atoms with Crippen LogP contribution in [0.25, 0.3) is 0 Å². The number of nitrogens with zero attached hydrogens (tertiary/aromatic N) is 2. The molecule has 1 aromatic carbocycles. The second-order valence-corrected chi connectivity index (χ2v) is 8.67. The highest BCUT2D eigenvalue weighted by atomic mass is 127. The SMILES string of the molecule is CS(=O)(=O)c1ccc([C@](O)(C#N)OC2=C(I)C(=O)CCC2)c([N+](=O)[O-])c1. The van der Waals surface area contributed by atoms with Gasteiger partial charge in [0.25, 0.3) is 5.69 Å². The van der Waals surface area contributed by atoms with E-state index >= 15 is 0 Å². The van der Waals surface area contributed by atoms with Gasteiger partial charge in [-0.05, 0) is 41.1 Å². The largest absolute Gasteiger partial charge is 0.449 e. The van der Waals surface area contributed by atoms with Gasteiger partial charge in [-0.2, -0.15) is 5.26 Å². The Morgan fingerprint density at radius 3 is 2.62 bits per heavy atom. The summed E-state index contributed by atoms with van der Waals surface area (Å²) in [6.07, 6.45) is 1.92. The Balaban J connectivity index is 2.59. The fourth-order valence-electron chi connectivity index (χ4n) is 2.38. The van der Waals surface area contributed by atoms with E-state index in [4.69, 9.17) is 4.74 Å². The number of nitriles is 1. The molecule has 1 aromatic rings. The van der Waals surface area contributed by atoms with Crippen LogP contribution in [0.1, 0.15) is 24.8 Å². The van der Waals surface area contributed by atoms with Crippen molar-refractivity contribution in [2.45, 2.75) is 29.9 Å². The normalized spacial score (nSPS) is 17.4. The molecule has 11 heteroatoms. The number of hydrogen-bond acceptors (Lipinski definition) is 8. The topological polar surface area (TPSA) is 148 Å². The van der Waals surface area contributed by atoms with Crippen molar-refractivity contribution in [3.63, 3.8) is 0 Å². The summed E-state index contributed by atoms with van der Waals surface area (Å²) < 4.78 is 28.7. The smallest absolute Gasteiger partial charge is 0.332 e. The summed E-state index contributed by atoms with van der Waals surface area (Å²) in [5.74, 6) is -2.90. The van der Waals surface area contributed by atoms with E-state index in [1.165, 1.54) is 6.07 Å². The van der Waals surface area contributed by atoms with Gasteiger partial charge in [-0.3, -0.25) is 14.9 Å². The van der Waals surface area contributed by atoms with Crippen LogP contribution in [-0.4, -0.2) is 30.5 Å². The Morgan fingerprint density at radius 2 is 2.08 bits per heavy atom. The first-order valence-corrected chi connectivity index (χ1v) is 10.2. The summed E-state index contributed by atoms with van der Waals surface area (Å²) in [7, 11) is -3.74. The number of sulfone groups is 1. The Morgan fingerprint density at radius 1 is 1.42 bits per heavy atom. The molecule has 0 radical (unpaired) electrons. The van der Waals surface area contributed by atoms with Crippen LogP contribution in [0.3, 0.4) is 0 Å². The highest BCUT2D eigenvalue weighted by molar-refractivity contribution is 14.1. The zero-order valence-electron chi connectivity index (χ0n) is 13.4. The lowest BCUT2D eigenvalue weighted by atomic mass is 10.0. The molecule has 1 aliphatic rings. The van der Waals surface area contributed by atoms with Gasteiger partial charge in [-0.15, -0.1) is 0 Å². The summed E-state index contributed by atoms with van der Waals surface area (Å²) in [6, 6.07) is 4.20. The van der Waals surface area contributed by atoms with Crippen LogP contribution in [0, 0.1) is 21.4 Å². The zero-order valence-corrected chi connectivity index (χ0v) is 16.4. The lowest BCUT2D eigenvalue weighted by Crippen LogP contribution is -2.29. The Labute approximate surface area is 162 Å². The number of nitro benzene ring substituents is 1. The Kier molecular flexibility index (Phi) is 5.69. The molecule has 1 aliphatic carbocycles. The maximum absolute atomic E-state index is 11.8. The molecule has 0 spiro atoms. The molecule has 0 unspecified atom stereocenters. The number of aliphatic hydroxyl groups is 1. The minimum atomic E-state index is -3.74. The van der Waals surface area contributed by atoms with E-state index in [0.717, 1.165) is 24.5 Å². The van der Waals surface area contributed by atoms with Gasteiger partial charge in [-0.1, -0.05) is 0 Å². The van der Waals surface area contributed by atoms with Crippen LogP contribution >= 0.6 is 22.6 Å². The van der Waals surface area contributed by atoms with Crippen molar-refractivity contribution in [3.05, 3.63) is 43.2 Å². The molecule has 2 rings (SSSR count). The number of rotatable bonds is 5. The number of allylic oxidation sites excluding steroid dienone is 2. The first-order valence-electron chi connectivity index (χ1n) is 7.23. The number of ketones is 1. The van der Waals surface area contributed by atoms with E-state index in [-0.39, 0.29) is 26.4 Å². The maximum atomic E-state index is 11.8. The van der Waals surface area contributed by atoms with Crippen molar-refractivity contribution >= 4 is 43.9 Å². The first-order chi connectivity index (χ1) is 12.0. The number of halogens is 1. The van der Waals surface area contributed by atoms with Crippen molar-refractivity contribution in [1.29, 1.82) is 5.26 Å². The van der Waals surface area contributed by atoms with Crippen molar-refractivity contribution in [3.8, 4) is 6.07 Å². The summed E-state index contributed by atoms with van der Waals surface area (Å²) in [5.41, 5.74) is -1.30. The highest BCUT2D eigenvalue weighted by Crippen LogP contribution is 2.37. The molecule has 0 amide bonds. The number of hydrogen-bond donors (Lipinski definition) is 1. The van der Waals surface area contributed by atoms with Gasteiger partial charge in [-0.25, -0.2) is 8.42 Å². The molecule has 1 atom stereocenters. The lowest BCUT2D eigenvalue weighted by molar-refractivity contribution is -0.387. The van der Waals surface area contributed by atoms with Gasteiger partial charge in [0, 0.05) is 25.2 Å². The van der Waals surface area contributed by atoms with E-state index < -0.39 is 31.8 Å². The molecule has 0 aliphatic heterocycles. The first kappa shape index (κ1) is 20.3. The fourth-order valence-corrected chi connectivity index (χ4v) is 3.67. The third-order valence-corrected chi connectivity index (χ3v) is 5.99. The van der Waals surface area contributed by atoms with E-state index in [2.05, 4.69) is 0 Å². The minimum Gasteiger partial charge on any atom is -0.449 e. The predicted molar refractivity (Wildman–Crippen MR) is 96.7 cm³/mol. The van der Waals surface area contributed by atoms with Crippen molar-refractivity contribution in [1.82, 2.24) is 0 Å². The molecule has 0 heterocycles. The van der Waals surface area contributed by atoms with Crippen LogP contribution in [0.5, 0.6) is 0 Å². The van der Waals surface area contributed by atoms with Gasteiger partial charge >= 0.3 is 5.79 Å². The quantitative estimate of drug-likeness (QED) is 0.216. The average molecular weight is 492 g/mol. The average Bonchev–Trinajstić information content (AvgIpc) is 2.57. The molecule has 138 valence electrons. The Hall–Kier alpha value is -2.04. The number of nitro groups is 1. The fraction of sp³-hybridized carbons (Fsp3) is 0.333. The molecule has 9 nitrogen and oxygen atoms in total. The number of Topliss-reactive ketones (excluding diaryl/α,β-unsaturated/α-hetero) is 1. The molecule has 26 heavy (non-hydrogen) atoms. The number of carbonyl (C=O) groups excluding carboxylic acids is 1. The number of ether oxygens (including phenoxy) is 1. The van der Waals surface area contributed by atoms with E-state index in [1.807, 2.05) is 0 Å². The summed E-state index contributed by atoms with van der Waals surface area (Å²) in [6.45, 7) is 0. The van der Waals surface area contributed by atoms with Crippen molar-refractivity contribution in [2.75, 3.05) is 6.26 Å². The third-order valence-electron chi connectivity index (χ3n) is 3.68. The van der Waals surface area contributed by atoms with Gasteiger partial charge in [0.2, 0.25) is 0 Å². The monoisotopic (exact) mass is 492 g/mol. The second-order valence-electron chi connectivity index (χ2n) is 5.58. The van der Waals surface area contributed by atoms with Gasteiger partial charge in [0.15, 0.2) is 15.6 Å². The summed E-state index contributed by atoms with van der Waals surface area (Å²) in [4.78, 5) is 21.8. The third kappa shape index (κ3) is 4.02. The van der Waals surface area contributed by atoms with Crippen molar-refractivity contribution in [2.24, 2.45) is 0 Å². The number of benzene rings is 1. The Bertz CT molecular complexity index is 965. The van der Waals surface area contributed by atoms with E-state index in [0.29, 0.717) is 12.8 Å². The van der Waals surface area contributed by atoms with Crippen LogP contribution in [0.4, 0.5) is 5.69 Å². The molecule has 0 aromatic heterocycles. The molecule has 1 N–H and O–H groups in total. The molecule has 0 bridgehead atoms. The van der Waals surface area contributed by atoms with Gasteiger partial charge in [0.05, 0.1) is 13.4 Å². The lowest BCUT2D eigenvalue weighted by Gasteiger charge is -2.26. The van der Waals surface area contributed by atoms with E-state index in [1.54, 1.807) is 22.6 Å². The standard InChI is InChI=1S/C15H13IN2O7S/c1-26(23,24)9-5-6-10(11(7-9)18(21)22)15(20,8-17)25-13-4-2-3-12(19)14(13)16/h5-7,20H,2-4H2,1H3/t15-/m0/s1. The molecular weight excluding hydrogens is 479 g/mol. The summed E-state index contributed by atoms with van der Waals surface area (Å²) in [5, 5.41) is 31.3. The molecule has 0 saturated heterocycles. The summed E-state index contributed by atoms with van der Waals surface area (Å²) >= 11 is 1.73. The van der Waals surface area contributed by atoms with Crippen LogP contribution in [0.15, 0.2) is 32.4 Å². The van der Waals surface area contributed by atoms with Gasteiger partial charge < -0.3 is 9.84 Å². The molecule has 0 saturated carbocycles. The minimum absolute atomic E-state index is 0.0624. The van der Waals surface area contributed by atoms with Crippen molar-refractivity contribution < 1.29 is 28.0 Å². The predicted octanol–water partition coefficient (Wildman–Crippen LogP) is 2.08. The van der Waals surface area contributed by atoms with Crippen LogP contribution < -0.4 is 0 Å². The molecule has 0 fully saturated rings. The second kappa shape index (κ2) is 7.29. The van der Waals surface area contributed by atoms with Gasteiger partial charge in [0.1, 0.15) is 17.4 Å². The van der Waals surface area contributed by atoms with Crippen LogP contribution in [0.2, 0.25) is 0 Å².